The summed E-state index contributed by atoms with van der Waals surface area (Å²) >= 11 is 3.01. The summed E-state index contributed by atoms with van der Waals surface area (Å²) in [5.41, 5.74) is 3.00. The van der Waals surface area contributed by atoms with Crippen LogP contribution in [0.3, 0.4) is 0 Å². The van der Waals surface area contributed by atoms with Gasteiger partial charge in [-0.15, -0.1) is 22.7 Å². The van der Waals surface area contributed by atoms with Gasteiger partial charge in [-0.25, -0.2) is 5.84 Å². The Labute approximate surface area is 107 Å². The Balaban J connectivity index is 1.91. The first-order chi connectivity index (χ1) is 8.31. The largest absolute Gasteiger partial charge is 0.371 e. The Morgan fingerprint density at radius 1 is 1.29 bits per heavy atom. The normalized spacial score (nSPS) is 10.4. The van der Waals surface area contributed by atoms with Crippen LogP contribution in [0.4, 0.5) is 0 Å². The van der Waals surface area contributed by atoms with E-state index in [1.807, 2.05) is 29.0 Å². The van der Waals surface area contributed by atoms with Crippen LogP contribution in [-0.4, -0.2) is 5.91 Å². The monoisotopic (exact) mass is 268 g/mol. The van der Waals surface area contributed by atoms with E-state index in [0.717, 1.165) is 5.56 Å². The standard InChI is InChI=1S/C11H12N2O2S2/c12-13-11(14)10-8(3-5-17-10)6-15-7-9-2-1-4-16-9/h1-5H,6-7,12H2,(H,13,14). The lowest BCUT2D eigenvalue weighted by molar-refractivity contribution is 0.0936. The molecule has 6 heteroatoms. The predicted molar refractivity (Wildman–Crippen MR) is 68.8 cm³/mol. The molecule has 2 heterocycles. The first-order valence-corrected chi connectivity index (χ1v) is 6.74. The van der Waals surface area contributed by atoms with Crippen molar-refractivity contribution in [2.24, 2.45) is 5.84 Å². The minimum atomic E-state index is -0.269. The second-order valence-electron chi connectivity index (χ2n) is 3.32. The smallest absolute Gasteiger partial charge is 0.275 e. The van der Waals surface area contributed by atoms with Gasteiger partial charge in [-0.1, -0.05) is 6.07 Å². The summed E-state index contributed by atoms with van der Waals surface area (Å²) in [6.45, 7) is 0.987. The number of nitrogens with two attached hydrogens (primary N) is 1. The third-order valence-electron chi connectivity index (χ3n) is 2.17. The molecule has 0 spiro atoms. The fourth-order valence-corrected chi connectivity index (χ4v) is 2.82. The van der Waals surface area contributed by atoms with Crippen LogP contribution >= 0.6 is 22.7 Å². The van der Waals surface area contributed by atoms with Crippen LogP contribution in [-0.2, 0) is 18.0 Å². The Kier molecular flexibility index (Phi) is 4.27. The van der Waals surface area contributed by atoms with E-state index >= 15 is 0 Å². The van der Waals surface area contributed by atoms with Crippen molar-refractivity contribution in [3.8, 4) is 0 Å². The molecule has 90 valence electrons. The van der Waals surface area contributed by atoms with Crippen molar-refractivity contribution in [3.63, 3.8) is 0 Å². The van der Waals surface area contributed by atoms with E-state index in [4.69, 9.17) is 10.6 Å². The van der Waals surface area contributed by atoms with Crippen molar-refractivity contribution in [2.45, 2.75) is 13.2 Å². The van der Waals surface area contributed by atoms with Gasteiger partial charge in [0.05, 0.1) is 18.1 Å². The molecule has 2 rings (SSSR count). The fourth-order valence-electron chi connectivity index (χ4n) is 1.37. The van der Waals surface area contributed by atoms with Crippen LogP contribution in [0.15, 0.2) is 29.0 Å². The molecule has 0 saturated heterocycles. The zero-order valence-electron chi connectivity index (χ0n) is 9.01. The molecule has 0 bridgehead atoms. The highest BCUT2D eigenvalue weighted by atomic mass is 32.1. The molecule has 3 N–H and O–H groups in total. The molecule has 4 nitrogen and oxygen atoms in total. The maximum absolute atomic E-state index is 11.4. The van der Waals surface area contributed by atoms with E-state index in [1.165, 1.54) is 16.2 Å². The molecule has 0 saturated carbocycles. The Morgan fingerprint density at radius 3 is 2.88 bits per heavy atom. The number of hydrazine groups is 1. The summed E-state index contributed by atoms with van der Waals surface area (Å²) in [4.78, 5) is 13.2. The lowest BCUT2D eigenvalue weighted by Gasteiger charge is -2.03. The van der Waals surface area contributed by atoms with E-state index in [9.17, 15) is 4.79 Å². The second kappa shape index (κ2) is 5.92. The van der Waals surface area contributed by atoms with Crippen molar-refractivity contribution in [1.29, 1.82) is 0 Å². The van der Waals surface area contributed by atoms with Gasteiger partial charge in [-0.05, 0) is 22.9 Å². The fraction of sp³-hybridized carbons (Fsp3) is 0.182. The van der Waals surface area contributed by atoms with Gasteiger partial charge in [0.2, 0.25) is 0 Å². The van der Waals surface area contributed by atoms with Gasteiger partial charge in [0.1, 0.15) is 0 Å². The topological polar surface area (TPSA) is 64.3 Å². The highest BCUT2D eigenvalue weighted by Crippen LogP contribution is 2.18. The van der Waals surface area contributed by atoms with Crippen molar-refractivity contribution >= 4 is 28.6 Å². The van der Waals surface area contributed by atoms with Crippen LogP contribution in [0.5, 0.6) is 0 Å². The molecule has 0 aliphatic carbocycles. The average Bonchev–Trinajstić information content (AvgIpc) is 2.99. The van der Waals surface area contributed by atoms with Crippen LogP contribution in [0, 0.1) is 0 Å². The number of nitrogens with one attached hydrogen (secondary N) is 1. The highest BCUT2D eigenvalue weighted by Gasteiger charge is 2.11. The molecule has 2 aromatic rings. The Bertz CT molecular complexity index is 479. The molecule has 0 aromatic carbocycles. The molecule has 0 unspecified atom stereocenters. The molecule has 0 atom stereocenters. The minimum Gasteiger partial charge on any atom is -0.371 e. The van der Waals surface area contributed by atoms with Crippen molar-refractivity contribution < 1.29 is 9.53 Å². The number of rotatable bonds is 5. The van der Waals surface area contributed by atoms with Crippen LogP contribution in [0.25, 0.3) is 0 Å². The number of thiophene rings is 2. The zero-order valence-corrected chi connectivity index (χ0v) is 10.6. The van der Waals surface area contributed by atoms with Gasteiger partial charge >= 0.3 is 0 Å². The van der Waals surface area contributed by atoms with Crippen LogP contribution in [0.2, 0.25) is 0 Å². The van der Waals surface area contributed by atoms with E-state index < -0.39 is 0 Å². The third-order valence-corrected chi connectivity index (χ3v) is 3.97. The average molecular weight is 268 g/mol. The molecule has 1 amide bonds. The summed E-state index contributed by atoms with van der Waals surface area (Å²) < 4.78 is 5.55. The highest BCUT2D eigenvalue weighted by molar-refractivity contribution is 7.12. The third kappa shape index (κ3) is 3.13. The maximum Gasteiger partial charge on any atom is 0.275 e. The lowest BCUT2D eigenvalue weighted by atomic mass is 10.2. The molecule has 0 aliphatic rings. The van der Waals surface area contributed by atoms with Crippen LogP contribution < -0.4 is 11.3 Å². The van der Waals surface area contributed by atoms with Gasteiger partial charge in [0.15, 0.2) is 0 Å². The van der Waals surface area contributed by atoms with Gasteiger partial charge in [-0.3, -0.25) is 10.2 Å². The van der Waals surface area contributed by atoms with E-state index in [-0.39, 0.29) is 5.91 Å². The Hall–Kier alpha value is -1.21. The molecule has 0 aliphatic heterocycles. The number of nitrogen functional groups attached to an aromatic ring is 1. The summed E-state index contributed by atoms with van der Waals surface area (Å²) in [6.07, 6.45) is 0. The maximum atomic E-state index is 11.4. The first-order valence-electron chi connectivity index (χ1n) is 4.98. The van der Waals surface area contributed by atoms with E-state index in [1.54, 1.807) is 11.3 Å². The number of hydrogen-bond donors (Lipinski definition) is 2. The van der Waals surface area contributed by atoms with E-state index in [0.29, 0.717) is 18.1 Å². The lowest BCUT2D eigenvalue weighted by Crippen LogP contribution is -2.30. The number of carbonyl (C=O) groups is 1. The van der Waals surface area contributed by atoms with Crippen molar-refractivity contribution in [3.05, 3.63) is 44.3 Å². The van der Waals surface area contributed by atoms with Crippen LogP contribution in [0.1, 0.15) is 20.1 Å². The van der Waals surface area contributed by atoms with Gasteiger partial charge in [-0.2, -0.15) is 0 Å². The quantitative estimate of drug-likeness (QED) is 0.496. The van der Waals surface area contributed by atoms with Crippen molar-refractivity contribution in [1.82, 2.24) is 5.43 Å². The second-order valence-corrected chi connectivity index (χ2v) is 5.27. The SMILES string of the molecule is NNC(=O)c1sccc1COCc1cccs1. The number of ether oxygens (including phenoxy) is 1. The minimum absolute atomic E-state index is 0.269. The zero-order chi connectivity index (χ0) is 12.1. The first kappa shape index (κ1) is 12.3. The molecule has 17 heavy (non-hydrogen) atoms. The molecule has 0 fully saturated rings. The molecular formula is C11H12N2O2S2. The predicted octanol–water partition coefficient (Wildman–Crippen LogP) is 2.13. The van der Waals surface area contributed by atoms with Gasteiger partial charge < -0.3 is 4.74 Å². The number of carbonyl (C=O) groups excluding carboxylic acids is 1. The Morgan fingerprint density at radius 2 is 2.18 bits per heavy atom. The number of amides is 1. The summed E-state index contributed by atoms with van der Waals surface area (Å²) in [5.74, 6) is 4.84. The number of hydrogen-bond acceptors (Lipinski definition) is 5. The van der Waals surface area contributed by atoms with Gasteiger partial charge in [0.25, 0.3) is 5.91 Å². The van der Waals surface area contributed by atoms with Crippen molar-refractivity contribution in [2.75, 3.05) is 0 Å². The molecule has 2 aromatic heterocycles. The molecular weight excluding hydrogens is 256 g/mol. The molecule has 0 radical (unpaired) electrons. The summed E-state index contributed by atoms with van der Waals surface area (Å²) in [7, 11) is 0. The summed E-state index contributed by atoms with van der Waals surface area (Å²) in [6, 6.07) is 5.89. The van der Waals surface area contributed by atoms with Gasteiger partial charge in [0, 0.05) is 10.4 Å². The summed E-state index contributed by atoms with van der Waals surface area (Å²) in [5, 5.41) is 3.87. The van der Waals surface area contributed by atoms with E-state index in [2.05, 4.69) is 5.43 Å².